The van der Waals surface area contributed by atoms with Crippen molar-refractivity contribution in [3.8, 4) is 0 Å². The van der Waals surface area contributed by atoms with Gasteiger partial charge in [0.15, 0.2) is 0 Å². The van der Waals surface area contributed by atoms with Crippen LogP contribution in [0.2, 0.25) is 0 Å². The Bertz CT molecular complexity index is 1280. The first kappa shape index (κ1) is 22.3. The van der Waals surface area contributed by atoms with Crippen LogP contribution < -0.4 is 5.56 Å². The molecule has 8 heteroatoms. The van der Waals surface area contributed by atoms with Crippen molar-refractivity contribution in [1.82, 2.24) is 29.2 Å². The van der Waals surface area contributed by atoms with Crippen LogP contribution in [0.5, 0.6) is 0 Å². The molecule has 1 N–H and O–H groups in total. The van der Waals surface area contributed by atoms with E-state index >= 15 is 0 Å². The highest BCUT2D eigenvalue weighted by molar-refractivity contribution is 7.18. The molecule has 1 aliphatic heterocycles. The number of nitrogens with one attached hydrogen (secondary N) is 1. The molecule has 0 radical (unpaired) electrons. The summed E-state index contributed by atoms with van der Waals surface area (Å²) in [6.45, 7) is 12.0. The lowest BCUT2D eigenvalue weighted by molar-refractivity contribution is 0.119. The summed E-state index contributed by atoms with van der Waals surface area (Å²) in [6.07, 6.45) is 6.21. The number of rotatable bonds is 7. The fraction of sp³-hybridized carbons (Fsp3) is 0.480. The van der Waals surface area contributed by atoms with Gasteiger partial charge in [-0.25, -0.2) is 9.97 Å². The van der Waals surface area contributed by atoms with Gasteiger partial charge in [0.2, 0.25) is 0 Å². The van der Waals surface area contributed by atoms with E-state index in [0.717, 1.165) is 72.9 Å². The molecule has 1 aliphatic rings. The molecule has 4 aromatic rings. The van der Waals surface area contributed by atoms with Crippen molar-refractivity contribution < 1.29 is 0 Å². The zero-order valence-electron chi connectivity index (χ0n) is 19.7. The molecule has 0 saturated carbocycles. The van der Waals surface area contributed by atoms with Gasteiger partial charge in [0, 0.05) is 50.0 Å². The minimum Gasteiger partial charge on any atom is -0.309 e. The minimum absolute atomic E-state index is 0.0168. The van der Waals surface area contributed by atoms with Crippen LogP contribution in [0.1, 0.15) is 42.2 Å². The van der Waals surface area contributed by atoms with Crippen molar-refractivity contribution in [2.75, 3.05) is 26.2 Å². The zero-order valence-corrected chi connectivity index (χ0v) is 20.5. The minimum atomic E-state index is 0.0168. The first-order valence-electron chi connectivity index (χ1n) is 11.9. The number of hydrogen-bond donors (Lipinski definition) is 1. The Kier molecular flexibility index (Phi) is 6.32. The van der Waals surface area contributed by atoms with Crippen molar-refractivity contribution in [2.24, 2.45) is 5.92 Å². The van der Waals surface area contributed by atoms with Crippen LogP contribution in [-0.2, 0) is 19.5 Å². The van der Waals surface area contributed by atoms with E-state index in [-0.39, 0.29) is 5.56 Å². The Morgan fingerprint density at radius 1 is 1.12 bits per heavy atom. The lowest BCUT2D eigenvalue weighted by Gasteiger charge is -2.33. The summed E-state index contributed by atoms with van der Waals surface area (Å²) in [6, 6.07) is 6.08. The average Bonchev–Trinajstić information content (AvgIpc) is 3.35. The van der Waals surface area contributed by atoms with Crippen LogP contribution in [0, 0.1) is 12.8 Å². The van der Waals surface area contributed by atoms with Crippen LogP contribution in [0.25, 0.3) is 15.9 Å². The summed E-state index contributed by atoms with van der Waals surface area (Å²) in [5.74, 6) is 1.34. The number of aryl methyl sites for hydroxylation is 1. The summed E-state index contributed by atoms with van der Waals surface area (Å²) in [5.41, 5.74) is 3.30. The number of imidazole rings is 1. The second kappa shape index (κ2) is 9.37. The topological polar surface area (TPSA) is 69.5 Å². The zero-order chi connectivity index (χ0) is 22.9. The summed E-state index contributed by atoms with van der Waals surface area (Å²) < 4.78 is 2.07. The maximum absolute atomic E-state index is 12.9. The molecule has 4 aromatic heterocycles. The number of aromatic nitrogens is 4. The van der Waals surface area contributed by atoms with Gasteiger partial charge in [-0.2, -0.15) is 0 Å². The number of fused-ring (bicyclic) bond motifs is 2. The molecule has 174 valence electrons. The van der Waals surface area contributed by atoms with Gasteiger partial charge in [0.1, 0.15) is 16.3 Å². The van der Waals surface area contributed by atoms with E-state index in [0.29, 0.717) is 12.5 Å². The molecule has 5 rings (SSSR count). The van der Waals surface area contributed by atoms with Crippen molar-refractivity contribution in [3.63, 3.8) is 0 Å². The van der Waals surface area contributed by atoms with Gasteiger partial charge in [0.25, 0.3) is 5.56 Å². The number of H-pyrrole nitrogens is 1. The lowest BCUT2D eigenvalue weighted by atomic mass is 9.98. The third-order valence-corrected chi connectivity index (χ3v) is 7.84. The van der Waals surface area contributed by atoms with Crippen LogP contribution in [0.4, 0.5) is 0 Å². The van der Waals surface area contributed by atoms with Gasteiger partial charge < -0.3 is 9.38 Å². The van der Waals surface area contributed by atoms with Gasteiger partial charge in [0.05, 0.1) is 17.6 Å². The number of nitrogens with zero attached hydrogens (tertiary/aromatic N) is 5. The first-order valence-corrected chi connectivity index (χ1v) is 12.7. The molecule has 0 spiro atoms. The molecule has 0 unspecified atom stereocenters. The highest BCUT2D eigenvalue weighted by Gasteiger charge is 2.21. The normalized spacial score (nSPS) is 16.7. The summed E-state index contributed by atoms with van der Waals surface area (Å²) >= 11 is 1.66. The monoisotopic (exact) mass is 464 g/mol. The number of pyridine rings is 1. The van der Waals surface area contributed by atoms with E-state index in [1.165, 1.54) is 10.4 Å². The predicted molar refractivity (Wildman–Crippen MR) is 134 cm³/mol. The molecule has 1 fully saturated rings. The van der Waals surface area contributed by atoms with E-state index in [1.54, 1.807) is 11.3 Å². The summed E-state index contributed by atoms with van der Waals surface area (Å²) in [5, 5.41) is 0.804. The molecule has 5 heterocycles. The largest absolute Gasteiger partial charge is 0.309 e. The van der Waals surface area contributed by atoms with Gasteiger partial charge in [-0.05, 0) is 37.0 Å². The maximum atomic E-state index is 12.9. The van der Waals surface area contributed by atoms with Crippen LogP contribution >= 0.6 is 11.3 Å². The Labute approximate surface area is 198 Å². The van der Waals surface area contributed by atoms with Crippen molar-refractivity contribution in [1.29, 1.82) is 0 Å². The van der Waals surface area contributed by atoms with E-state index in [2.05, 4.69) is 46.2 Å². The number of thiophene rings is 1. The highest BCUT2D eigenvalue weighted by atomic mass is 32.1. The Balaban J connectivity index is 1.23. The fourth-order valence-corrected chi connectivity index (χ4v) is 5.72. The van der Waals surface area contributed by atoms with Gasteiger partial charge in [-0.3, -0.25) is 14.6 Å². The molecule has 0 aromatic carbocycles. The molecule has 7 nitrogen and oxygen atoms in total. The summed E-state index contributed by atoms with van der Waals surface area (Å²) in [7, 11) is 0. The average molecular weight is 465 g/mol. The number of piperazine rings is 1. The molecule has 0 bridgehead atoms. The van der Waals surface area contributed by atoms with E-state index < -0.39 is 0 Å². The molecule has 1 saturated heterocycles. The lowest BCUT2D eigenvalue weighted by Crippen LogP contribution is -2.45. The second-order valence-electron chi connectivity index (χ2n) is 9.30. The van der Waals surface area contributed by atoms with Crippen molar-refractivity contribution in [3.05, 3.63) is 62.9 Å². The Hall–Kier alpha value is -2.55. The quantitative estimate of drug-likeness (QED) is 0.450. The highest BCUT2D eigenvalue weighted by Crippen LogP contribution is 2.29. The Morgan fingerprint density at radius 2 is 1.88 bits per heavy atom. The SMILES string of the molecule is CC[C@H](C)Cc1c(C)sc2nc(CN3CCN(Cc4cn5ccccc5n4)CC3)[nH]c(=O)c12. The molecule has 0 amide bonds. The standard InChI is InChI=1S/C25H32N6OS/c1-4-17(2)13-20-18(3)33-25-23(20)24(32)27-21(28-25)16-30-11-9-29(10-12-30)14-19-15-31-8-6-5-7-22(31)26-19/h5-8,15,17H,4,9-14,16H2,1-3H3,(H,27,28,32)/t17-/m0/s1. The fourth-order valence-electron chi connectivity index (χ4n) is 4.64. The van der Waals surface area contributed by atoms with Crippen LogP contribution in [-0.4, -0.2) is 55.3 Å². The Morgan fingerprint density at radius 3 is 2.61 bits per heavy atom. The molecule has 0 aliphatic carbocycles. The maximum Gasteiger partial charge on any atom is 0.259 e. The molecular weight excluding hydrogens is 432 g/mol. The number of aromatic amines is 1. The predicted octanol–water partition coefficient (Wildman–Crippen LogP) is 3.85. The first-order chi connectivity index (χ1) is 16.0. The van der Waals surface area contributed by atoms with Gasteiger partial charge >= 0.3 is 0 Å². The third kappa shape index (κ3) is 4.74. The second-order valence-corrected chi connectivity index (χ2v) is 10.5. The summed E-state index contributed by atoms with van der Waals surface area (Å²) in [4.78, 5) is 32.5. The van der Waals surface area contributed by atoms with Gasteiger partial charge in [-0.15, -0.1) is 11.3 Å². The smallest absolute Gasteiger partial charge is 0.259 e. The molecular formula is C25H32N6OS. The molecule has 33 heavy (non-hydrogen) atoms. The van der Waals surface area contributed by atoms with Crippen LogP contribution in [0.3, 0.4) is 0 Å². The van der Waals surface area contributed by atoms with Crippen molar-refractivity contribution >= 4 is 27.2 Å². The number of hydrogen-bond acceptors (Lipinski definition) is 6. The molecule has 1 atom stereocenters. The van der Waals surface area contributed by atoms with E-state index in [4.69, 9.17) is 9.97 Å². The van der Waals surface area contributed by atoms with Crippen LogP contribution in [0.15, 0.2) is 35.4 Å². The van der Waals surface area contributed by atoms with Crippen molar-refractivity contribution in [2.45, 2.75) is 46.7 Å². The van der Waals surface area contributed by atoms with E-state index in [9.17, 15) is 4.79 Å². The van der Waals surface area contributed by atoms with Gasteiger partial charge in [-0.1, -0.05) is 26.3 Å². The van der Waals surface area contributed by atoms with E-state index in [1.807, 2.05) is 24.4 Å². The third-order valence-electron chi connectivity index (χ3n) is 6.80.